The molecule has 2 heterocycles. The van der Waals surface area contributed by atoms with E-state index >= 15 is 0 Å². The van der Waals surface area contributed by atoms with Gasteiger partial charge in [-0.2, -0.15) is 0 Å². The molecule has 0 spiro atoms. The largest absolute Gasteiger partial charge is 0.356 e. The molecule has 2 N–H and O–H groups in total. The van der Waals surface area contributed by atoms with Crippen LogP contribution in [0.3, 0.4) is 0 Å². The van der Waals surface area contributed by atoms with Crippen LogP contribution in [0.1, 0.15) is 15.9 Å². The third-order valence-corrected chi connectivity index (χ3v) is 4.45. The molecule has 3 rings (SSSR count). The van der Waals surface area contributed by atoms with Crippen LogP contribution < -0.4 is 10.6 Å². The predicted molar refractivity (Wildman–Crippen MR) is 95.9 cm³/mol. The number of hydrogen-bond donors (Lipinski definition) is 2. The summed E-state index contributed by atoms with van der Waals surface area (Å²) in [6.07, 6.45) is 3.44. The van der Waals surface area contributed by atoms with E-state index in [1.807, 2.05) is 12.1 Å². The monoisotopic (exact) mass is 379 g/mol. The van der Waals surface area contributed by atoms with E-state index in [1.54, 1.807) is 30.6 Å². The summed E-state index contributed by atoms with van der Waals surface area (Å²) in [6, 6.07) is 8.67. The number of aromatic nitrogens is 3. The first-order valence-corrected chi connectivity index (χ1v) is 8.42. The molecule has 1 amide bonds. The zero-order valence-corrected chi connectivity index (χ0v) is 14.5. The van der Waals surface area contributed by atoms with Crippen molar-refractivity contribution >= 4 is 50.7 Å². The van der Waals surface area contributed by atoms with Crippen LogP contribution in [-0.2, 0) is 6.54 Å². The fourth-order valence-electron chi connectivity index (χ4n) is 1.90. The summed E-state index contributed by atoms with van der Waals surface area (Å²) in [5.74, 6) is -0.428. The number of anilines is 2. The van der Waals surface area contributed by atoms with Crippen molar-refractivity contribution < 1.29 is 4.79 Å². The highest BCUT2D eigenvalue weighted by Crippen LogP contribution is 2.27. The van der Waals surface area contributed by atoms with Crippen LogP contribution in [0.5, 0.6) is 0 Å². The summed E-state index contributed by atoms with van der Waals surface area (Å²) in [5.41, 5.74) is 1.27. The first-order valence-electron chi connectivity index (χ1n) is 6.85. The van der Waals surface area contributed by atoms with Gasteiger partial charge in [0.1, 0.15) is 0 Å². The topological polar surface area (TPSA) is 79.8 Å². The number of nitrogens with one attached hydrogen (secondary N) is 2. The van der Waals surface area contributed by atoms with Crippen molar-refractivity contribution in [3.63, 3.8) is 0 Å². The number of hydrogen-bond acceptors (Lipinski definition) is 6. The first kappa shape index (κ1) is 16.6. The Morgan fingerprint density at radius 1 is 1.04 bits per heavy atom. The Balaban J connectivity index is 1.64. The fraction of sp³-hybridized carbons (Fsp3) is 0.0667. The molecule has 3 aromatic rings. The first-order chi connectivity index (χ1) is 11.6. The Morgan fingerprint density at radius 3 is 2.42 bits per heavy atom. The summed E-state index contributed by atoms with van der Waals surface area (Å²) in [6.45, 7) is 0.585. The van der Waals surface area contributed by atoms with Crippen molar-refractivity contribution in [2.75, 3.05) is 10.6 Å². The lowest BCUT2D eigenvalue weighted by atomic mass is 10.2. The van der Waals surface area contributed by atoms with E-state index in [0.717, 1.165) is 5.56 Å². The van der Waals surface area contributed by atoms with Gasteiger partial charge < -0.3 is 5.32 Å². The SMILES string of the molecule is O=C(Nc1nnc(NCc2ccncc2)s1)c1c(Cl)cccc1Cl. The molecule has 0 radical (unpaired) electrons. The van der Waals surface area contributed by atoms with E-state index in [0.29, 0.717) is 16.8 Å². The highest BCUT2D eigenvalue weighted by atomic mass is 35.5. The van der Waals surface area contributed by atoms with Gasteiger partial charge in [0.15, 0.2) is 0 Å². The van der Waals surface area contributed by atoms with Gasteiger partial charge in [0, 0.05) is 18.9 Å². The molecule has 0 fully saturated rings. The van der Waals surface area contributed by atoms with E-state index in [1.165, 1.54) is 11.3 Å². The van der Waals surface area contributed by atoms with Crippen LogP contribution in [0.25, 0.3) is 0 Å². The van der Waals surface area contributed by atoms with Gasteiger partial charge in [-0.05, 0) is 29.8 Å². The third kappa shape index (κ3) is 4.00. The van der Waals surface area contributed by atoms with Gasteiger partial charge in [-0.15, -0.1) is 10.2 Å². The van der Waals surface area contributed by atoms with Crippen LogP contribution in [-0.4, -0.2) is 21.1 Å². The van der Waals surface area contributed by atoms with Crippen molar-refractivity contribution in [1.29, 1.82) is 0 Å². The maximum atomic E-state index is 12.3. The van der Waals surface area contributed by atoms with Gasteiger partial charge in [-0.1, -0.05) is 40.6 Å². The number of carbonyl (C=O) groups is 1. The number of amides is 1. The Bertz CT molecular complexity index is 836. The number of nitrogens with zero attached hydrogens (tertiary/aromatic N) is 3. The quantitative estimate of drug-likeness (QED) is 0.697. The molecule has 0 aliphatic carbocycles. The lowest BCUT2D eigenvalue weighted by Gasteiger charge is -2.05. The molecular weight excluding hydrogens is 369 g/mol. The second kappa shape index (κ2) is 7.57. The second-order valence-electron chi connectivity index (χ2n) is 4.67. The van der Waals surface area contributed by atoms with Crippen LogP contribution in [0, 0.1) is 0 Å². The molecule has 6 nitrogen and oxygen atoms in total. The van der Waals surface area contributed by atoms with E-state index in [4.69, 9.17) is 23.2 Å². The zero-order chi connectivity index (χ0) is 16.9. The van der Waals surface area contributed by atoms with Crippen molar-refractivity contribution in [2.24, 2.45) is 0 Å². The van der Waals surface area contributed by atoms with E-state index in [-0.39, 0.29) is 15.6 Å². The van der Waals surface area contributed by atoms with Gasteiger partial charge in [0.2, 0.25) is 10.3 Å². The number of benzene rings is 1. The maximum Gasteiger partial charge on any atom is 0.260 e. The smallest absolute Gasteiger partial charge is 0.260 e. The average Bonchev–Trinajstić information content (AvgIpc) is 3.01. The van der Waals surface area contributed by atoms with E-state index < -0.39 is 5.91 Å². The van der Waals surface area contributed by atoms with Crippen LogP contribution in [0.2, 0.25) is 10.0 Å². The molecule has 9 heteroatoms. The fourth-order valence-corrected chi connectivity index (χ4v) is 3.10. The second-order valence-corrected chi connectivity index (χ2v) is 6.46. The van der Waals surface area contributed by atoms with Crippen LogP contribution >= 0.6 is 34.5 Å². The molecule has 0 atom stereocenters. The molecule has 0 aliphatic rings. The van der Waals surface area contributed by atoms with Gasteiger partial charge >= 0.3 is 0 Å². The lowest BCUT2D eigenvalue weighted by molar-refractivity contribution is 0.102. The molecule has 0 aliphatic heterocycles. The minimum absolute atomic E-state index is 0.210. The van der Waals surface area contributed by atoms with Crippen LogP contribution in [0.15, 0.2) is 42.7 Å². The number of halogens is 2. The summed E-state index contributed by atoms with van der Waals surface area (Å²) in [7, 11) is 0. The highest BCUT2D eigenvalue weighted by molar-refractivity contribution is 7.19. The molecule has 2 aromatic heterocycles. The minimum atomic E-state index is -0.428. The molecule has 1 aromatic carbocycles. The Kier molecular flexibility index (Phi) is 5.24. The average molecular weight is 380 g/mol. The van der Waals surface area contributed by atoms with E-state index in [2.05, 4.69) is 25.8 Å². The lowest BCUT2D eigenvalue weighted by Crippen LogP contribution is -2.12. The summed E-state index contributed by atoms with van der Waals surface area (Å²) in [4.78, 5) is 16.2. The minimum Gasteiger partial charge on any atom is -0.356 e. The van der Waals surface area contributed by atoms with Gasteiger partial charge in [0.05, 0.1) is 15.6 Å². The summed E-state index contributed by atoms with van der Waals surface area (Å²) in [5, 5.41) is 15.2. The number of carbonyl (C=O) groups excluding carboxylic acids is 1. The Hall–Kier alpha value is -2.22. The highest BCUT2D eigenvalue weighted by Gasteiger charge is 2.16. The number of pyridine rings is 1. The van der Waals surface area contributed by atoms with Crippen molar-refractivity contribution in [2.45, 2.75) is 6.54 Å². The standard InChI is InChI=1S/C15H11Cl2N5OS/c16-10-2-1-3-11(17)12(10)13(23)20-15-22-21-14(24-15)19-8-9-4-6-18-7-5-9/h1-7H,8H2,(H,19,21)(H,20,22,23). The van der Waals surface area contributed by atoms with Gasteiger partial charge in [0.25, 0.3) is 5.91 Å². The Labute approximate surface area is 151 Å². The zero-order valence-electron chi connectivity index (χ0n) is 12.2. The third-order valence-electron chi connectivity index (χ3n) is 3.03. The van der Waals surface area contributed by atoms with Gasteiger partial charge in [-0.3, -0.25) is 15.1 Å². The molecule has 0 unspecified atom stereocenters. The van der Waals surface area contributed by atoms with Crippen LogP contribution in [0.4, 0.5) is 10.3 Å². The molecule has 0 saturated carbocycles. The van der Waals surface area contributed by atoms with Crippen molar-refractivity contribution in [1.82, 2.24) is 15.2 Å². The normalized spacial score (nSPS) is 10.4. The molecule has 24 heavy (non-hydrogen) atoms. The summed E-state index contributed by atoms with van der Waals surface area (Å²) >= 11 is 13.3. The Morgan fingerprint density at radius 2 is 1.71 bits per heavy atom. The maximum absolute atomic E-state index is 12.3. The predicted octanol–water partition coefficient (Wildman–Crippen LogP) is 4.10. The number of rotatable bonds is 5. The molecule has 0 saturated heterocycles. The molecular formula is C15H11Cl2N5OS. The molecule has 0 bridgehead atoms. The molecule has 122 valence electrons. The summed E-state index contributed by atoms with van der Waals surface area (Å²) < 4.78 is 0. The van der Waals surface area contributed by atoms with Crippen molar-refractivity contribution in [3.05, 3.63) is 63.9 Å². The van der Waals surface area contributed by atoms with Crippen molar-refractivity contribution in [3.8, 4) is 0 Å². The van der Waals surface area contributed by atoms with E-state index in [9.17, 15) is 4.79 Å². The van der Waals surface area contributed by atoms with Gasteiger partial charge in [-0.25, -0.2) is 0 Å².